The topological polar surface area (TPSA) is 94.2 Å². The second kappa shape index (κ2) is 11.9. The van der Waals surface area contributed by atoms with Crippen molar-refractivity contribution in [3.05, 3.63) is 89.5 Å². The molecule has 190 valence electrons. The van der Waals surface area contributed by atoms with Gasteiger partial charge in [0.15, 0.2) is 11.5 Å². The van der Waals surface area contributed by atoms with Crippen LogP contribution < -0.4 is 24.4 Å². The molecule has 1 heterocycles. The Bertz CT molecular complexity index is 1300. The molecule has 1 fully saturated rings. The van der Waals surface area contributed by atoms with Gasteiger partial charge in [-0.05, 0) is 66.9 Å². The van der Waals surface area contributed by atoms with E-state index >= 15 is 0 Å². The molecule has 4 rings (SSSR count). The molecule has 0 atom stereocenters. The number of imide groups is 2. The molecular formula is C29H28N2O6. The lowest BCUT2D eigenvalue weighted by Crippen LogP contribution is -2.54. The first-order valence-corrected chi connectivity index (χ1v) is 12.1. The third-order valence-electron chi connectivity index (χ3n) is 5.49. The summed E-state index contributed by atoms with van der Waals surface area (Å²) in [6.45, 7) is 5.21. The van der Waals surface area contributed by atoms with Gasteiger partial charge in [0.2, 0.25) is 0 Å². The number of hydrogen-bond donors (Lipinski definition) is 1. The lowest BCUT2D eigenvalue weighted by atomic mass is 10.1. The molecular weight excluding hydrogens is 472 g/mol. The number of benzene rings is 3. The Morgan fingerprint density at radius 2 is 1.59 bits per heavy atom. The quantitative estimate of drug-likeness (QED) is 0.307. The van der Waals surface area contributed by atoms with Crippen LogP contribution in [0, 0.1) is 0 Å². The highest BCUT2D eigenvalue weighted by molar-refractivity contribution is 6.39. The molecule has 1 aliphatic heterocycles. The van der Waals surface area contributed by atoms with Crippen molar-refractivity contribution in [2.45, 2.75) is 26.9 Å². The Balaban J connectivity index is 1.54. The molecule has 1 aliphatic rings. The maximum absolute atomic E-state index is 13.3. The highest BCUT2D eigenvalue weighted by Gasteiger charge is 2.36. The first kappa shape index (κ1) is 25.5. The Morgan fingerprint density at radius 3 is 2.30 bits per heavy atom. The Kier molecular flexibility index (Phi) is 8.20. The van der Waals surface area contributed by atoms with Crippen LogP contribution in [-0.2, 0) is 16.2 Å². The normalized spacial score (nSPS) is 14.5. The number of urea groups is 1. The summed E-state index contributed by atoms with van der Waals surface area (Å²) >= 11 is 0. The van der Waals surface area contributed by atoms with Crippen molar-refractivity contribution in [3.63, 3.8) is 0 Å². The first-order valence-electron chi connectivity index (χ1n) is 12.1. The van der Waals surface area contributed by atoms with Gasteiger partial charge in [0, 0.05) is 0 Å². The van der Waals surface area contributed by atoms with Crippen molar-refractivity contribution in [2.75, 3.05) is 18.1 Å². The highest BCUT2D eigenvalue weighted by atomic mass is 16.5. The molecule has 0 unspecified atom stereocenters. The Hall–Kier alpha value is -4.59. The number of carbonyl (C=O) groups is 3. The number of carbonyl (C=O) groups excluding carboxylic acids is 3. The zero-order valence-electron chi connectivity index (χ0n) is 20.7. The highest BCUT2D eigenvalue weighted by Crippen LogP contribution is 2.30. The van der Waals surface area contributed by atoms with Crippen molar-refractivity contribution in [1.29, 1.82) is 0 Å². The van der Waals surface area contributed by atoms with Gasteiger partial charge in [-0.3, -0.25) is 14.9 Å². The van der Waals surface area contributed by atoms with Gasteiger partial charge in [0.05, 0.1) is 18.9 Å². The summed E-state index contributed by atoms with van der Waals surface area (Å²) in [5, 5.41) is 2.24. The predicted molar refractivity (Wildman–Crippen MR) is 140 cm³/mol. The van der Waals surface area contributed by atoms with E-state index in [1.165, 1.54) is 6.08 Å². The van der Waals surface area contributed by atoms with E-state index in [1.807, 2.05) is 44.2 Å². The number of nitrogens with zero attached hydrogens (tertiary/aromatic N) is 1. The Labute approximate surface area is 215 Å². The van der Waals surface area contributed by atoms with E-state index in [1.54, 1.807) is 42.5 Å². The number of amides is 4. The van der Waals surface area contributed by atoms with Crippen LogP contribution in [0.25, 0.3) is 6.08 Å². The summed E-state index contributed by atoms with van der Waals surface area (Å²) in [6, 6.07) is 20.6. The summed E-state index contributed by atoms with van der Waals surface area (Å²) < 4.78 is 17.2. The van der Waals surface area contributed by atoms with Crippen molar-refractivity contribution in [1.82, 2.24) is 5.32 Å². The number of ether oxygens (including phenoxy) is 3. The van der Waals surface area contributed by atoms with Gasteiger partial charge in [0.1, 0.15) is 17.9 Å². The van der Waals surface area contributed by atoms with Gasteiger partial charge in [-0.25, -0.2) is 9.69 Å². The maximum atomic E-state index is 13.3. The van der Waals surface area contributed by atoms with Crippen molar-refractivity contribution in [2.24, 2.45) is 0 Å². The molecule has 0 saturated carbocycles. The molecule has 0 bridgehead atoms. The monoisotopic (exact) mass is 500 g/mol. The molecule has 4 amide bonds. The molecule has 0 radical (unpaired) electrons. The first-order chi connectivity index (χ1) is 18.0. The van der Waals surface area contributed by atoms with Crippen LogP contribution in [0.2, 0.25) is 0 Å². The van der Waals surface area contributed by atoms with E-state index in [0.717, 1.165) is 16.9 Å². The lowest BCUT2D eigenvalue weighted by molar-refractivity contribution is -0.122. The van der Waals surface area contributed by atoms with E-state index in [2.05, 4.69) is 5.32 Å². The number of nitrogens with one attached hydrogen (secondary N) is 1. The standard InChI is InChI=1S/C29H28N2O6/c1-3-16-36-25-15-10-21(18-26(25)35-4-2)17-24-27(32)30-29(34)31(28(24)33)22-11-13-23(14-12-22)37-19-20-8-6-5-7-9-20/h5-15,17-18H,3-4,16,19H2,1-2H3,(H,30,32,34)/b24-17+. The van der Waals surface area contributed by atoms with Crippen molar-refractivity contribution >= 4 is 29.6 Å². The number of barbiturate groups is 1. The third kappa shape index (κ3) is 6.16. The van der Waals surface area contributed by atoms with Gasteiger partial charge in [-0.2, -0.15) is 0 Å². The van der Waals surface area contributed by atoms with Crippen LogP contribution in [0.5, 0.6) is 17.2 Å². The fraction of sp³-hybridized carbons (Fsp3) is 0.207. The van der Waals surface area contributed by atoms with Gasteiger partial charge in [0.25, 0.3) is 11.8 Å². The van der Waals surface area contributed by atoms with E-state index in [9.17, 15) is 14.4 Å². The second-order valence-corrected chi connectivity index (χ2v) is 8.21. The van der Waals surface area contributed by atoms with Crippen LogP contribution in [0.3, 0.4) is 0 Å². The van der Waals surface area contributed by atoms with Gasteiger partial charge >= 0.3 is 6.03 Å². The minimum atomic E-state index is -0.816. The van der Waals surface area contributed by atoms with Gasteiger partial charge in [-0.15, -0.1) is 0 Å². The SMILES string of the molecule is CCCOc1ccc(/C=C2\C(=O)NC(=O)N(c3ccc(OCc4ccccc4)cc3)C2=O)cc1OCC. The summed E-state index contributed by atoms with van der Waals surface area (Å²) in [5.74, 6) is 0.178. The maximum Gasteiger partial charge on any atom is 0.335 e. The van der Waals surface area contributed by atoms with Crippen LogP contribution in [-0.4, -0.2) is 31.1 Å². The smallest absolute Gasteiger partial charge is 0.335 e. The molecule has 0 aliphatic carbocycles. The second-order valence-electron chi connectivity index (χ2n) is 8.21. The molecule has 3 aromatic carbocycles. The van der Waals surface area contributed by atoms with E-state index in [4.69, 9.17) is 14.2 Å². The predicted octanol–water partition coefficient (Wildman–Crippen LogP) is 5.12. The molecule has 1 saturated heterocycles. The molecule has 0 aromatic heterocycles. The van der Waals surface area contributed by atoms with Crippen molar-refractivity contribution in [3.8, 4) is 17.2 Å². The summed E-state index contributed by atoms with van der Waals surface area (Å²) in [6.07, 6.45) is 2.27. The number of anilines is 1. The average Bonchev–Trinajstić information content (AvgIpc) is 2.91. The van der Waals surface area contributed by atoms with Crippen LogP contribution in [0.4, 0.5) is 10.5 Å². The third-order valence-corrected chi connectivity index (χ3v) is 5.49. The minimum Gasteiger partial charge on any atom is -0.490 e. The van der Waals surface area contributed by atoms with Crippen molar-refractivity contribution < 1.29 is 28.6 Å². The summed E-state index contributed by atoms with van der Waals surface area (Å²) in [7, 11) is 0. The van der Waals surface area contributed by atoms with E-state index in [0.29, 0.717) is 48.3 Å². The lowest BCUT2D eigenvalue weighted by Gasteiger charge is -2.26. The minimum absolute atomic E-state index is 0.173. The van der Waals surface area contributed by atoms with Crippen LogP contribution >= 0.6 is 0 Å². The summed E-state index contributed by atoms with van der Waals surface area (Å²) in [5.41, 5.74) is 1.72. The zero-order chi connectivity index (χ0) is 26.2. The molecule has 8 heteroatoms. The fourth-order valence-electron chi connectivity index (χ4n) is 3.70. The molecule has 0 spiro atoms. The van der Waals surface area contributed by atoms with Crippen LogP contribution in [0.1, 0.15) is 31.4 Å². The summed E-state index contributed by atoms with van der Waals surface area (Å²) in [4.78, 5) is 39.3. The van der Waals surface area contributed by atoms with Crippen LogP contribution in [0.15, 0.2) is 78.4 Å². The number of rotatable bonds is 10. The fourth-order valence-corrected chi connectivity index (χ4v) is 3.70. The number of hydrogen-bond acceptors (Lipinski definition) is 6. The van der Waals surface area contributed by atoms with Gasteiger partial charge < -0.3 is 14.2 Å². The van der Waals surface area contributed by atoms with E-state index < -0.39 is 17.8 Å². The molecule has 3 aromatic rings. The molecule has 8 nitrogen and oxygen atoms in total. The Morgan fingerprint density at radius 1 is 0.838 bits per heavy atom. The van der Waals surface area contributed by atoms with Gasteiger partial charge in [-0.1, -0.05) is 43.3 Å². The molecule has 1 N–H and O–H groups in total. The van der Waals surface area contributed by atoms with E-state index in [-0.39, 0.29) is 5.57 Å². The average molecular weight is 501 g/mol. The zero-order valence-corrected chi connectivity index (χ0v) is 20.7. The largest absolute Gasteiger partial charge is 0.490 e. The molecule has 37 heavy (non-hydrogen) atoms.